The minimum Gasteiger partial charge on any atom is -0.465 e. The van der Waals surface area contributed by atoms with Gasteiger partial charge in [0, 0.05) is 5.75 Å². The van der Waals surface area contributed by atoms with Crippen molar-refractivity contribution in [1.29, 1.82) is 0 Å². The smallest absolute Gasteiger partial charge is 0.404 e. The lowest BCUT2D eigenvalue weighted by molar-refractivity contribution is 0.127. The van der Waals surface area contributed by atoms with Crippen LogP contribution in [0.5, 0.6) is 0 Å². The number of rotatable bonds is 1. The maximum Gasteiger partial charge on any atom is 0.404 e. The molecular weight excluding hydrogens is 198 g/mol. The summed E-state index contributed by atoms with van der Waals surface area (Å²) in [5.41, 5.74) is 0. The number of hydrogen-bond acceptors (Lipinski definition) is 4. The minimum absolute atomic E-state index is 0.141. The lowest BCUT2D eigenvalue weighted by atomic mass is 10.1. The zero-order valence-electron chi connectivity index (χ0n) is 6.88. The molecule has 0 saturated carbocycles. The average molecular weight is 211 g/mol. The normalized spacial score (nSPS) is 35.0. The molecule has 2 atom stereocenters. The van der Waals surface area contributed by atoms with Gasteiger partial charge in [0.05, 0.1) is 17.9 Å². The van der Waals surface area contributed by atoms with Gasteiger partial charge in [0.25, 0.3) is 0 Å². The largest absolute Gasteiger partial charge is 0.465 e. The summed E-state index contributed by atoms with van der Waals surface area (Å²) >= 11 is 0. The van der Waals surface area contributed by atoms with E-state index in [0.29, 0.717) is 0 Å². The highest BCUT2D eigenvalue weighted by Crippen LogP contribution is 2.43. The molecule has 13 heavy (non-hydrogen) atoms. The first kappa shape index (κ1) is 10.6. The van der Waals surface area contributed by atoms with Gasteiger partial charge in [0.2, 0.25) is 0 Å². The predicted octanol–water partition coefficient (Wildman–Crippen LogP) is 0.138. The van der Waals surface area contributed by atoms with E-state index in [1.165, 1.54) is 0 Å². The van der Waals surface area contributed by atoms with Crippen LogP contribution in [0.2, 0.25) is 0 Å². The van der Waals surface area contributed by atoms with Crippen LogP contribution in [0, 0.1) is 0 Å². The van der Waals surface area contributed by atoms with Gasteiger partial charge in [-0.3, -0.25) is 9.11 Å². The Balaban J connectivity index is 2.49. The third kappa shape index (κ3) is 3.03. The summed E-state index contributed by atoms with van der Waals surface area (Å²) in [4.78, 5) is 10.2. The summed E-state index contributed by atoms with van der Waals surface area (Å²) in [6.07, 6.45) is -1.95. The van der Waals surface area contributed by atoms with Crippen molar-refractivity contribution in [2.45, 2.75) is 18.6 Å². The summed E-state index contributed by atoms with van der Waals surface area (Å²) in [5.74, 6) is 0.00690. The van der Waals surface area contributed by atoms with Gasteiger partial charge in [0.1, 0.15) is 0 Å². The third-order valence-corrected chi connectivity index (χ3v) is 3.73. The van der Waals surface area contributed by atoms with Crippen molar-refractivity contribution in [3.63, 3.8) is 0 Å². The van der Waals surface area contributed by atoms with Gasteiger partial charge in [0.15, 0.2) is 0 Å². The zero-order valence-corrected chi connectivity index (χ0v) is 7.70. The average Bonchev–Trinajstić information content (AvgIpc) is 1.93. The minimum atomic E-state index is -2.68. The molecule has 0 radical (unpaired) electrons. The van der Waals surface area contributed by atoms with Crippen LogP contribution in [-0.4, -0.2) is 49.1 Å². The highest BCUT2D eigenvalue weighted by Gasteiger charge is 2.32. The fourth-order valence-corrected chi connectivity index (χ4v) is 2.89. The second-order valence-electron chi connectivity index (χ2n) is 3.08. The molecule has 1 aliphatic rings. The number of aliphatic hydroxyl groups excluding tert-OH is 1. The molecule has 1 heterocycles. The van der Waals surface area contributed by atoms with Crippen LogP contribution in [0.3, 0.4) is 0 Å². The van der Waals surface area contributed by atoms with Crippen molar-refractivity contribution in [3.05, 3.63) is 0 Å². The predicted molar refractivity (Wildman–Crippen MR) is 48.2 cm³/mol. The van der Waals surface area contributed by atoms with Gasteiger partial charge in [-0.1, -0.05) is 0 Å². The zero-order chi connectivity index (χ0) is 10.1. The van der Waals surface area contributed by atoms with Gasteiger partial charge in [-0.2, -0.15) is 10.6 Å². The molecule has 78 valence electrons. The number of carbonyl (C=O) groups is 1. The van der Waals surface area contributed by atoms with E-state index in [1.807, 2.05) is 0 Å². The number of aliphatic hydroxyl groups is 1. The van der Waals surface area contributed by atoms with E-state index in [4.69, 9.17) is 5.11 Å². The monoisotopic (exact) mass is 211 g/mol. The summed E-state index contributed by atoms with van der Waals surface area (Å²) in [7, 11) is -2.68. The molecule has 6 nitrogen and oxygen atoms in total. The van der Waals surface area contributed by atoms with E-state index in [2.05, 4.69) is 5.32 Å². The summed E-state index contributed by atoms with van der Waals surface area (Å²) < 4.78 is 18.4. The third-order valence-electron chi connectivity index (χ3n) is 1.97. The Labute approximate surface area is 76.9 Å². The summed E-state index contributed by atoms with van der Waals surface area (Å²) in [6, 6.07) is -0.586. The molecule has 0 spiro atoms. The van der Waals surface area contributed by atoms with Crippen molar-refractivity contribution in [2.75, 3.05) is 11.5 Å². The lowest BCUT2D eigenvalue weighted by Gasteiger charge is -2.41. The van der Waals surface area contributed by atoms with Crippen LogP contribution in [0.4, 0.5) is 4.79 Å². The molecule has 0 aromatic heterocycles. The van der Waals surface area contributed by atoms with Crippen molar-refractivity contribution < 1.29 is 24.1 Å². The first-order valence-corrected chi connectivity index (χ1v) is 5.70. The van der Waals surface area contributed by atoms with Crippen molar-refractivity contribution in [3.8, 4) is 0 Å². The Morgan fingerprint density at radius 2 is 2.08 bits per heavy atom. The summed E-state index contributed by atoms with van der Waals surface area (Å²) in [5, 5.41) is 19.8. The Morgan fingerprint density at radius 1 is 1.46 bits per heavy atom. The van der Waals surface area contributed by atoms with Gasteiger partial charge in [-0.15, -0.1) is 0 Å². The van der Waals surface area contributed by atoms with Gasteiger partial charge >= 0.3 is 6.09 Å². The van der Waals surface area contributed by atoms with E-state index in [0.717, 1.165) is 0 Å². The fourth-order valence-electron chi connectivity index (χ4n) is 1.31. The molecule has 1 fully saturated rings. The second-order valence-corrected chi connectivity index (χ2v) is 5.43. The second kappa shape index (κ2) is 3.70. The molecule has 1 aliphatic heterocycles. The van der Waals surface area contributed by atoms with Crippen LogP contribution >= 0.6 is 10.6 Å². The van der Waals surface area contributed by atoms with Crippen LogP contribution in [0.15, 0.2) is 0 Å². The van der Waals surface area contributed by atoms with E-state index >= 15 is 0 Å². The van der Waals surface area contributed by atoms with E-state index in [9.17, 15) is 19.0 Å². The number of hydrogen-bond donors (Lipinski definition) is 5. The highest BCUT2D eigenvalue weighted by atomic mass is 32.3. The van der Waals surface area contributed by atoms with Crippen molar-refractivity contribution >= 4 is 16.7 Å². The Kier molecular flexibility index (Phi) is 3.01. The lowest BCUT2D eigenvalue weighted by Crippen LogP contribution is -2.49. The standard InChI is InChI=1S/C6H13NO5S/c8-5-3-13(11,12)2-1-4(5)7-6(9)10/h4-5,7-8,11-12H,1-3H2,(H,9,10). The molecule has 1 amide bonds. The van der Waals surface area contributed by atoms with Gasteiger partial charge in [-0.25, -0.2) is 4.79 Å². The molecule has 5 N–H and O–H groups in total. The Morgan fingerprint density at radius 3 is 2.54 bits per heavy atom. The fraction of sp³-hybridized carbons (Fsp3) is 0.833. The maximum atomic E-state index is 10.2. The first-order valence-electron chi connectivity index (χ1n) is 3.82. The Hall–Kier alpha value is -0.500. The quantitative estimate of drug-likeness (QED) is 0.423. The molecular formula is C6H13NO5S. The van der Waals surface area contributed by atoms with Crippen LogP contribution in [-0.2, 0) is 0 Å². The number of nitrogens with one attached hydrogen (secondary N) is 1. The number of amides is 1. The van der Waals surface area contributed by atoms with E-state index in [1.54, 1.807) is 0 Å². The molecule has 0 aromatic carbocycles. The molecule has 0 bridgehead atoms. The molecule has 0 aromatic rings. The maximum absolute atomic E-state index is 10.2. The molecule has 1 saturated heterocycles. The molecule has 7 heteroatoms. The van der Waals surface area contributed by atoms with Crippen LogP contribution in [0.1, 0.15) is 6.42 Å². The Bertz CT molecular complexity index is 209. The number of carboxylic acid groups (broad SMARTS) is 1. The van der Waals surface area contributed by atoms with Crippen LogP contribution < -0.4 is 5.32 Å². The molecule has 1 rings (SSSR count). The molecule has 2 unspecified atom stereocenters. The van der Waals surface area contributed by atoms with Crippen molar-refractivity contribution in [1.82, 2.24) is 5.32 Å². The van der Waals surface area contributed by atoms with Crippen LogP contribution in [0.25, 0.3) is 0 Å². The van der Waals surface area contributed by atoms with Gasteiger partial charge < -0.3 is 15.5 Å². The van der Waals surface area contributed by atoms with Gasteiger partial charge in [-0.05, 0) is 6.42 Å². The highest BCUT2D eigenvalue weighted by molar-refractivity contribution is 8.24. The summed E-state index contributed by atoms with van der Waals surface area (Å²) in [6.45, 7) is 0. The van der Waals surface area contributed by atoms with E-state index in [-0.39, 0.29) is 17.9 Å². The molecule has 0 aliphatic carbocycles. The van der Waals surface area contributed by atoms with Crippen molar-refractivity contribution in [2.24, 2.45) is 0 Å². The SMILES string of the molecule is O=C(O)NC1CCS(O)(O)CC1O. The van der Waals surface area contributed by atoms with E-state index < -0.39 is 28.8 Å². The topological polar surface area (TPSA) is 110 Å². The first-order chi connectivity index (χ1) is 5.91.